The maximum atomic E-state index is 14.6. The smallest absolute Gasteiger partial charge is 0.258 e. The van der Waals surface area contributed by atoms with Gasteiger partial charge in [-0.1, -0.05) is 6.07 Å². The van der Waals surface area contributed by atoms with Crippen LogP contribution in [0.15, 0.2) is 53.3 Å². The summed E-state index contributed by atoms with van der Waals surface area (Å²) in [7, 11) is 1.49. The Morgan fingerprint density at radius 2 is 1.86 bits per heavy atom. The van der Waals surface area contributed by atoms with Gasteiger partial charge in [0.05, 0.1) is 13.2 Å². The number of nitrogens with zero attached hydrogens (tertiary/aromatic N) is 1. The molecule has 0 unspecified atom stereocenters. The van der Waals surface area contributed by atoms with Gasteiger partial charge >= 0.3 is 0 Å². The summed E-state index contributed by atoms with van der Waals surface area (Å²) in [5.74, 6) is -0.558. The van der Waals surface area contributed by atoms with Crippen LogP contribution < -0.4 is 30.4 Å². The minimum Gasteiger partial charge on any atom is -0.493 e. The molecule has 226 valence electrons. The lowest BCUT2D eigenvalue weighted by atomic mass is 10.0. The first kappa shape index (κ1) is 29.6. The number of pyridine rings is 1. The number of carbonyl (C=O) groups excluding carboxylic acids is 3. The zero-order valence-electron chi connectivity index (χ0n) is 23.9. The maximum absolute atomic E-state index is 14.6. The Morgan fingerprint density at radius 3 is 2.65 bits per heavy atom. The van der Waals surface area contributed by atoms with Crippen molar-refractivity contribution in [3.05, 3.63) is 87.1 Å². The van der Waals surface area contributed by atoms with Gasteiger partial charge in [-0.25, -0.2) is 4.39 Å². The number of nitrogens with one attached hydrogen (secondary N) is 3. The van der Waals surface area contributed by atoms with E-state index >= 15 is 0 Å². The van der Waals surface area contributed by atoms with E-state index in [9.17, 15) is 23.6 Å². The van der Waals surface area contributed by atoms with Gasteiger partial charge < -0.3 is 34.7 Å². The number of amides is 3. The number of benzene rings is 2. The van der Waals surface area contributed by atoms with Crippen LogP contribution >= 0.6 is 0 Å². The fourth-order valence-corrected chi connectivity index (χ4v) is 5.28. The first-order valence-corrected chi connectivity index (χ1v) is 14.0. The average Bonchev–Trinajstić information content (AvgIpc) is 2.97. The van der Waals surface area contributed by atoms with Crippen molar-refractivity contribution in [2.24, 2.45) is 0 Å². The molecule has 2 aromatic carbocycles. The molecular weight excluding hydrogens is 559 g/mol. The predicted molar refractivity (Wildman–Crippen MR) is 154 cm³/mol. The van der Waals surface area contributed by atoms with Gasteiger partial charge in [-0.3, -0.25) is 19.2 Å². The number of rotatable bonds is 2. The maximum Gasteiger partial charge on any atom is 0.258 e. The third-order valence-corrected chi connectivity index (χ3v) is 7.34. The van der Waals surface area contributed by atoms with E-state index in [4.69, 9.17) is 14.2 Å². The van der Waals surface area contributed by atoms with E-state index in [1.807, 2.05) is 6.07 Å². The van der Waals surface area contributed by atoms with Crippen molar-refractivity contribution in [2.45, 2.75) is 44.9 Å². The number of hydrogen-bond acceptors (Lipinski definition) is 7. The van der Waals surface area contributed by atoms with Crippen LogP contribution in [0.1, 0.15) is 40.0 Å². The second kappa shape index (κ2) is 13.0. The van der Waals surface area contributed by atoms with Gasteiger partial charge in [0.15, 0.2) is 18.1 Å². The van der Waals surface area contributed by atoms with Gasteiger partial charge in [0.1, 0.15) is 17.7 Å². The van der Waals surface area contributed by atoms with Crippen LogP contribution in [0, 0.1) is 12.7 Å². The van der Waals surface area contributed by atoms with Crippen molar-refractivity contribution in [1.29, 1.82) is 0 Å². The standard InChI is InChI=1S/C31H33FN4O7/c1-18-9-21(13-29(38)34-18)31(40)36-8-7-25-24(16-36)35-30(39)17-42-27-12-19(3-5-26(27)41-2)4-6-28(37)33-15-20-10-22(32)14-23(11-20)43-25/h3,5,9-14,24-25H,4,6-8,15-17H2,1-2H3,(H,33,37)(H,34,38)(H,35,39)/t24-,25-/m1/s1. The molecule has 3 N–H and O–H groups in total. The summed E-state index contributed by atoms with van der Waals surface area (Å²) in [5, 5.41) is 5.73. The number of methoxy groups -OCH3 is 1. The highest BCUT2D eigenvalue weighted by Crippen LogP contribution is 2.29. The Morgan fingerprint density at radius 1 is 1.02 bits per heavy atom. The molecule has 12 heteroatoms. The number of aromatic nitrogens is 1. The van der Waals surface area contributed by atoms with Crippen LogP contribution in [0.25, 0.3) is 0 Å². The minimum atomic E-state index is -0.685. The second-order valence-electron chi connectivity index (χ2n) is 10.6. The van der Waals surface area contributed by atoms with Gasteiger partial charge in [0.2, 0.25) is 11.5 Å². The number of likely N-dealkylation sites (tertiary alicyclic amines) is 1. The summed E-state index contributed by atoms with van der Waals surface area (Å²) < 4.78 is 31.9. The van der Waals surface area contributed by atoms with Crippen LogP contribution in [-0.2, 0) is 22.6 Å². The highest BCUT2D eigenvalue weighted by Gasteiger charge is 2.35. The number of piperidine rings is 1. The molecule has 43 heavy (non-hydrogen) atoms. The predicted octanol–water partition coefficient (Wildman–Crippen LogP) is 2.25. The summed E-state index contributed by atoms with van der Waals surface area (Å²) in [6, 6.07) is 11.6. The van der Waals surface area contributed by atoms with Crippen LogP contribution in [0.5, 0.6) is 17.2 Å². The Balaban J connectivity index is 1.42. The Labute approximate surface area is 247 Å². The van der Waals surface area contributed by atoms with Crippen molar-refractivity contribution in [1.82, 2.24) is 20.5 Å². The lowest BCUT2D eigenvalue weighted by Crippen LogP contribution is -2.58. The zero-order chi connectivity index (χ0) is 30.5. The number of aryl methyl sites for hydroxylation is 2. The van der Waals surface area contributed by atoms with Crippen LogP contribution in [0.3, 0.4) is 0 Å². The molecule has 3 amide bonds. The molecule has 1 aromatic heterocycles. The largest absolute Gasteiger partial charge is 0.493 e. The molecule has 0 radical (unpaired) electrons. The minimum absolute atomic E-state index is 0.0815. The van der Waals surface area contributed by atoms with Crippen LogP contribution in [0.2, 0.25) is 0 Å². The quantitative estimate of drug-likeness (QED) is 0.415. The molecule has 5 rings (SSSR count). The molecule has 2 aliphatic heterocycles. The third kappa shape index (κ3) is 7.51. The first-order valence-electron chi connectivity index (χ1n) is 14.0. The summed E-state index contributed by atoms with van der Waals surface area (Å²) >= 11 is 0. The molecule has 0 saturated carbocycles. The fourth-order valence-electron chi connectivity index (χ4n) is 5.28. The summed E-state index contributed by atoms with van der Waals surface area (Å²) in [6.45, 7) is 1.80. The van der Waals surface area contributed by atoms with Gasteiger partial charge in [-0.15, -0.1) is 0 Å². The number of hydrogen-bond donors (Lipinski definition) is 3. The molecule has 1 fully saturated rings. The van der Waals surface area contributed by atoms with E-state index in [2.05, 4.69) is 15.6 Å². The van der Waals surface area contributed by atoms with Crippen molar-refractivity contribution in [3.63, 3.8) is 0 Å². The zero-order valence-corrected chi connectivity index (χ0v) is 23.9. The summed E-state index contributed by atoms with van der Waals surface area (Å²) in [5.41, 5.74) is 1.72. The van der Waals surface area contributed by atoms with E-state index in [1.54, 1.807) is 36.1 Å². The van der Waals surface area contributed by atoms with E-state index in [-0.39, 0.29) is 61.3 Å². The normalized spacial score (nSPS) is 19.4. The molecule has 1 saturated heterocycles. The summed E-state index contributed by atoms with van der Waals surface area (Å²) in [4.78, 5) is 55.2. The SMILES string of the molecule is COc1ccc2cc1OCC(=O)N[C@@H]1CN(C(=O)c3cc(C)[nH]c(=O)c3)CC[C@H]1Oc1cc(F)cc(c1)CNC(=O)CC2. The average molecular weight is 593 g/mol. The molecule has 3 heterocycles. The molecule has 2 aliphatic rings. The van der Waals surface area contributed by atoms with E-state index in [1.165, 1.54) is 25.3 Å². The van der Waals surface area contributed by atoms with Crippen LogP contribution in [0.4, 0.5) is 4.39 Å². The topological polar surface area (TPSA) is 139 Å². The van der Waals surface area contributed by atoms with Gasteiger partial charge in [0.25, 0.3) is 11.8 Å². The molecule has 0 spiro atoms. The van der Waals surface area contributed by atoms with E-state index in [0.29, 0.717) is 35.6 Å². The Kier molecular flexibility index (Phi) is 8.93. The first-order chi connectivity index (χ1) is 20.7. The van der Waals surface area contributed by atoms with Gasteiger partial charge in [0, 0.05) is 55.9 Å². The molecule has 0 aliphatic carbocycles. The molecule has 4 bridgehead atoms. The number of halogens is 1. The monoisotopic (exact) mass is 592 g/mol. The summed E-state index contributed by atoms with van der Waals surface area (Å²) in [6.07, 6.45) is 0.310. The highest BCUT2D eigenvalue weighted by atomic mass is 19.1. The van der Waals surface area contributed by atoms with Gasteiger partial charge in [-0.2, -0.15) is 0 Å². The van der Waals surface area contributed by atoms with E-state index in [0.717, 1.165) is 5.56 Å². The van der Waals surface area contributed by atoms with Crippen molar-refractivity contribution < 1.29 is 33.0 Å². The third-order valence-electron chi connectivity index (χ3n) is 7.34. The molecule has 3 aromatic rings. The molecular formula is C31H33FN4O7. The lowest BCUT2D eigenvalue weighted by molar-refractivity contribution is -0.125. The number of carbonyl (C=O) groups is 3. The number of aromatic amines is 1. The van der Waals surface area contributed by atoms with E-state index < -0.39 is 23.9 Å². The van der Waals surface area contributed by atoms with Crippen molar-refractivity contribution in [2.75, 3.05) is 26.8 Å². The number of ether oxygens (including phenoxy) is 3. The Bertz CT molecular complexity index is 1590. The number of fused-ring (bicyclic) bond motifs is 5. The fraction of sp³-hybridized carbons (Fsp3) is 0.355. The molecule has 2 atom stereocenters. The van der Waals surface area contributed by atoms with Gasteiger partial charge in [-0.05, 0) is 54.8 Å². The Hall–Kier alpha value is -4.87. The highest BCUT2D eigenvalue weighted by molar-refractivity contribution is 5.94. The van der Waals surface area contributed by atoms with Crippen molar-refractivity contribution >= 4 is 17.7 Å². The lowest BCUT2D eigenvalue weighted by Gasteiger charge is -2.39. The van der Waals surface area contributed by atoms with Crippen molar-refractivity contribution in [3.8, 4) is 17.2 Å². The second-order valence-corrected chi connectivity index (χ2v) is 10.6. The molecule has 11 nitrogen and oxygen atoms in total. The number of H-pyrrole nitrogens is 1. The van der Waals surface area contributed by atoms with Crippen LogP contribution in [-0.4, -0.2) is 66.6 Å².